The van der Waals surface area contributed by atoms with Crippen LogP contribution in [-0.2, 0) is 19.8 Å². The lowest BCUT2D eigenvalue weighted by atomic mass is 9.83. The lowest BCUT2D eigenvalue weighted by Gasteiger charge is -2.38. The summed E-state index contributed by atoms with van der Waals surface area (Å²) in [7, 11) is 3.47. The Kier molecular flexibility index (Phi) is 7.47. The van der Waals surface area contributed by atoms with Gasteiger partial charge in [0.25, 0.3) is 0 Å². The van der Waals surface area contributed by atoms with Crippen LogP contribution in [0.2, 0.25) is 0 Å². The average molecular weight is 497 g/mol. The summed E-state index contributed by atoms with van der Waals surface area (Å²) in [5, 5.41) is 7.28. The van der Waals surface area contributed by atoms with Crippen LogP contribution in [0.25, 0.3) is 16.9 Å². The van der Waals surface area contributed by atoms with Gasteiger partial charge < -0.3 is 15.1 Å². The van der Waals surface area contributed by atoms with E-state index in [-0.39, 0.29) is 17.6 Å². The second-order valence-electron chi connectivity index (χ2n) is 10.0. The van der Waals surface area contributed by atoms with Crippen molar-refractivity contribution in [2.75, 3.05) is 27.2 Å². The number of imidazole rings is 1. The number of rotatable bonds is 4. The molecule has 3 aromatic rings. The highest BCUT2D eigenvalue weighted by molar-refractivity contribution is 5.89. The molecule has 1 aliphatic heterocycles. The molecule has 0 bridgehead atoms. The van der Waals surface area contributed by atoms with Crippen LogP contribution in [0.15, 0.2) is 36.5 Å². The third-order valence-corrected chi connectivity index (χ3v) is 6.34. The Labute approximate surface area is 210 Å². The number of hydrogen-bond donors (Lipinski definition) is 1. The van der Waals surface area contributed by atoms with Crippen molar-refractivity contribution >= 4 is 23.9 Å². The molecule has 192 valence electrons. The molecule has 0 atom stereocenters. The largest absolute Gasteiger partial charge is 0.352 e. The number of benzene rings is 1. The van der Waals surface area contributed by atoms with E-state index in [2.05, 4.69) is 15.4 Å². The number of piperazine rings is 1. The molecule has 4 rings (SSSR count). The van der Waals surface area contributed by atoms with Crippen molar-refractivity contribution in [2.45, 2.75) is 45.6 Å². The number of halogens is 1. The molecule has 0 saturated carbocycles. The minimum Gasteiger partial charge on any atom is -0.352 e. The van der Waals surface area contributed by atoms with Crippen LogP contribution < -0.4 is 5.32 Å². The molecule has 9 nitrogen and oxygen atoms in total. The maximum atomic E-state index is 13.2. The highest BCUT2D eigenvalue weighted by Gasteiger charge is 2.36. The van der Waals surface area contributed by atoms with Gasteiger partial charge in [0.1, 0.15) is 11.4 Å². The molecule has 2 aromatic heterocycles. The van der Waals surface area contributed by atoms with Gasteiger partial charge in [0, 0.05) is 38.3 Å². The number of nitrogens with one attached hydrogen (secondary N) is 1. The summed E-state index contributed by atoms with van der Waals surface area (Å²) in [6.45, 7) is 10.3. The van der Waals surface area contributed by atoms with Crippen molar-refractivity contribution in [2.24, 2.45) is 0 Å². The third kappa shape index (κ3) is 5.22. The Bertz CT molecular complexity index is 1280. The lowest BCUT2D eigenvalue weighted by Crippen LogP contribution is -2.61. The second-order valence-corrected chi connectivity index (χ2v) is 10.0. The molecule has 36 heavy (non-hydrogen) atoms. The molecule has 1 aromatic carbocycles. The minimum absolute atomic E-state index is 0.0219. The minimum atomic E-state index is -0.778. The zero-order chi connectivity index (χ0) is 26.8. The van der Waals surface area contributed by atoms with Crippen LogP contribution in [0, 0.1) is 12.7 Å². The van der Waals surface area contributed by atoms with Crippen molar-refractivity contribution in [1.82, 2.24) is 29.7 Å². The quantitative estimate of drug-likeness (QED) is 0.560. The second kappa shape index (κ2) is 10.0. The zero-order valence-electron chi connectivity index (χ0n) is 21.8. The predicted molar refractivity (Wildman–Crippen MR) is 135 cm³/mol. The molecule has 0 aliphatic carbocycles. The standard InChI is InChI=1S/C19H21FN4O.C7H12N2O2/c1-12-11-24-17(21-12)15(19(2,3)18(25)23(4)5)10-16(22-24)13-6-8-14(20)9-7-13;1-7(2)6(11)8-3-4-9(7)5-10/h6-11H,1-5H3;5H,3-4H2,1-2H3,(H,8,11). The Morgan fingerprint density at radius 3 is 2.42 bits per heavy atom. The predicted octanol–water partition coefficient (Wildman–Crippen LogP) is 2.56. The van der Waals surface area contributed by atoms with Crippen molar-refractivity contribution < 1.29 is 18.8 Å². The number of fused-ring (bicyclic) bond motifs is 1. The topological polar surface area (TPSA) is 99.9 Å². The summed E-state index contributed by atoms with van der Waals surface area (Å²) >= 11 is 0. The molecule has 0 spiro atoms. The van der Waals surface area contributed by atoms with Gasteiger partial charge in [-0.1, -0.05) is 0 Å². The normalized spacial score (nSPS) is 15.1. The molecule has 1 saturated heterocycles. The summed E-state index contributed by atoms with van der Waals surface area (Å²) in [4.78, 5) is 42.0. The molecule has 1 aliphatic rings. The van der Waals surface area contributed by atoms with Gasteiger partial charge in [-0.3, -0.25) is 14.4 Å². The first-order valence-electron chi connectivity index (χ1n) is 11.6. The van der Waals surface area contributed by atoms with Crippen LogP contribution in [0.3, 0.4) is 0 Å². The average Bonchev–Trinajstić information content (AvgIpc) is 3.20. The monoisotopic (exact) mass is 496 g/mol. The summed E-state index contributed by atoms with van der Waals surface area (Å²) < 4.78 is 14.9. The van der Waals surface area contributed by atoms with Crippen LogP contribution >= 0.6 is 0 Å². The Morgan fingerprint density at radius 1 is 1.22 bits per heavy atom. The number of carbonyl (C=O) groups is 3. The van der Waals surface area contributed by atoms with E-state index in [1.807, 2.05) is 33.0 Å². The van der Waals surface area contributed by atoms with Gasteiger partial charge in [-0.25, -0.2) is 13.9 Å². The molecular formula is C26H33FN6O3. The first-order chi connectivity index (χ1) is 16.8. The van der Waals surface area contributed by atoms with E-state index in [0.29, 0.717) is 24.4 Å². The van der Waals surface area contributed by atoms with Crippen LogP contribution in [0.1, 0.15) is 39.0 Å². The van der Waals surface area contributed by atoms with Gasteiger partial charge in [0.15, 0.2) is 5.65 Å². The SMILES string of the molecule is CC1(C)C(=O)NCCN1C=O.Cc1cn2nc(-c3ccc(F)cc3)cc(C(C)(C)C(=O)N(C)C)c2n1. The van der Waals surface area contributed by atoms with Gasteiger partial charge in [0.05, 0.1) is 23.0 Å². The number of hydrogen-bond acceptors (Lipinski definition) is 5. The number of nitrogens with zero attached hydrogens (tertiary/aromatic N) is 5. The van der Waals surface area contributed by atoms with Crippen LogP contribution in [0.4, 0.5) is 4.39 Å². The van der Waals surface area contributed by atoms with E-state index < -0.39 is 11.0 Å². The van der Waals surface area contributed by atoms with Gasteiger partial charge in [-0.2, -0.15) is 5.10 Å². The molecule has 1 N–H and O–H groups in total. The maximum absolute atomic E-state index is 13.2. The Balaban J connectivity index is 0.000000275. The molecular weight excluding hydrogens is 463 g/mol. The number of amides is 3. The van der Waals surface area contributed by atoms with E-state index in [1.54, 1.807) is 49.5 Å². The summed E-state index contributed by atoms with van der Waals surface area (Å²) in [5.74, 6) is -0.409. The highest BCUT2D eigenvalue weighted by atomic mass is 19.1. The van der Waals surface area contributed by atoms with Crippen molar-refractivity contribution in [3.63, 3.8) is 0 Å². The maximum Gasteiger partial charge on any atom is 0.245 e. The fourth-order valence-corrected chi connectivity index (χ4v) is 4.09. The van der Waals surface area contributed by atoms with Crippen molar-refractivity contribution in [3.05, 3.63) is 53.6 Å². The van der Waals surface area contributed by atoms with Gasteiger partial charge in [-0.05, 0) is 65.0 Å². The van der Waals surface area contributed by atoms with E-state index in [0.717, 1.165) is 23.2 Å². The first-order valence-corrected chi connectivity index (χ1v) is 11.6. The van der Waals surface area contributed by atoms with Gasteiger partial charge in [-0.15, -0.1) is 0 Å². The first kappa shape index (κ1) is 26.8. The zero-order valence-corrected chi connectivity index (χ0v) is 21.8. The summed E-state index contributed by atoms with van der Waals surface area (Å²) in [5.41, 5.74) is 2.25. The fraction of sp³-hybridized carbons (Fsp3) is 0.423. The Hall–Kier alpha value is -3.82. The summed E-state index contributed by atoms with van der Waals surface area (Å²) in [6.07, 6.45) is 2.54. The number of aromatic nitrogens is 3. The van der Waals surface area contributed by atoms with Crippen molar-refractivity contribution in [3.8, 4) is 11.3 Å². The van der Waals surface area contributed by atoms with E-state index in [4.69, 9.17) is 0 Å². The fourth-order valence-electron chi connectivity index (χ4n) is 4.09. The van der Waals surface area contributed by atoms with Gasteiger partial charge >= 0.3 is 0 Å². The Morgan fingerprint density at radius 2 is 1.86 bits per heavy atom. The highest BCUT2D eigenvalue weighted by Crippen LogP contribution is 2.31. The van der Waals surface area contributed by atoms with E-state index >= 15 is 0 Å². The van der Waals surface area contributed by atoms with E-state index in [1.165, 1.54) is 17.0 Å². The smallest absolute Gasteiger partial charge is 0.245 e. The van der Waals surface area contributed by atoms with Crippen molar-refractivity contribution in [1.29, 1.82) is 0 Å². The molecule has 3 heterocycles. The molecule has 10 heteroatoms. The van der Waals surface area contributed by atoms with E-state index in [9.17, 15) is 18.8 Å². The van der Waals surface area contributed by atoms with Crippen LogP contribution in [0.5, 0.6) is 0 Å². The number of carbonyl (C=O) groups excluding carboxylic acids is 3. The van der Waals surface area contributed by atoms with Gasteiger partial charge in [0.2, 0.25) is 18.2 Å². The molecule has 3 amide bonds. The summed E-state index contributed by atoms with van der Waals surface area (Å²) in [6, 6.07) is 8.03. The lowest BCUT2D eigenvalue weighted by molar-refractivity contribution is -0.141. The third-order valence-electron chi connectivity index (χ3n) is 6.34. The number of aryl methyl sites for hydroxylation is 1. The molecule has 0 unspecified atom stereocenters. The number of likely N-dealkylation sites (N-methyl/N-ethyl adjacent to an activating group) is 1. The van der Waals surface area contributed by atoms with Crippen LogP contribution in [-0.4, -0.2) is 75.3 Å². The molecule has 0 radical (unpaired) electrons. The molecule has 1 fully saturated rings.